The van der Waals surface area contributed by atoms with E-state index in [-0.39, 0.29) is 5.91 Å². The molecule has 2 aromatic rings. The Bertz CT molecular complexity index is 690. The van der Waals surface area contributed by atoms with Crippen molar-refractivity contribution in [3.05, 3.63) is 59.8 Å². The molecule has 1 N–H and O–H groups in total. The monoisotopic (exact) mass is 339 g/mol. The lowest BCUT2D eigenvalue weighted by Gasteiger charge is -2.16. The average molecular weight is 339 g/mol. The quantitative estimate of drug-likeness (QED) is 0.841. The van der Waals surface area contributed by atoms with Gasteiger partial charge in [0, 0.05) is 25.8 Å². The Balaban J connectivity index is 1.43. The molecule has 0 saturated carbocycles. The average Bonchev–Trinajstić information content (AvgIpc) is 3.13. The minimum Gasteiger partial charge on any atom is -0.480 e. The van der Waals surface area contributed by atoms with E-state index in [0.29, 0.717) is 23.9 Å². The third-order valence-electron chi connectivity index (χ3n) is 4.69. The van der Waals surface area contributed by atoms with Crippen molar-refractivity contribution >= 4 is 5.91 Å². The van der Waals surface area contributed by atoms with Gasteiger partial charge in [-0.1, -0.05) is 30.3 Å². The van der Waals surface area contributed by atoms with Gasteiger partial charge in [0.1, 0.15) is 5.56 Å². The molecule has 1 amide bonds. The van der Waals surface area contributed by atoms with Crippen molar-refractivity contribution in [2.45, 2.75) is 12.8 Å². The molecule has 0 bridgehead atoms. The SMILES string of the molecule is COc1ncccc1C(=O)NC[C@H]1CCN(CCc2ccccc2)C1. The number of methoxy groups -OCH3 is 1. The summed E-state index contributed by atoms with van der Waals surface area (Å²) in [6.07, 6.45) is 3.82. The number of likely N-dealkylation sites (tertiary alicyclic amines) is 1. The summed E-state index contributed by atoms with van der Waals surface area (Å²) in [7, 11) is 1.53. The highest BCUT2D eigenvalue weighted by molar-refractivity contribution is 5.96. The summed E-state index contributed by atoms with van der Waals surface area (Å²) < 4.78 is 5.15. The molecule has 1 saturated heterocycles. The Morgan fingerprint density at radius 3 is 2.92 bits per heavy atom. The van der Waals surface area contributed by atoms with Gasteiger partial charge < -0.3 is 15.0 Å². The summed E-state index contributed by atoms with van der Waals surface area (Å²) in [6, 6.07) is 14.1. The highest BCUT2D eigenvalue weighted by Gasteiger charge is 2.23. The predicted octanol–water partition coefficient (Wildman–Crippen LogP) is 2.38. The lowest BCUT2D eigenvalue weighted by atomic mass is 10.1. The van der Waals surface area contributed by atoms with Crippen LogP contribution in [0.4, 0.5) is 0 Å². The number of amides is 1. The van der Waals surface area contributed by atoms with E-state index in [1.54, 1.807) is 18.3 Å². The molecule has 5 heteroatoms. The fraction of sp³-hybridized carbons (Fsp3) is 0.400. The van der Waals surface area contributed by atoms with Crippen LogP contribution in [0.5, 0.6) is 5.88 Å². The van der Waals surface area contributed by atoms with Crippen molar-refractivity contribution in [3.63, 3.8) is 0 Å². The Labute approximate surface area is 149 Å². The van der Waals surface area contributed by atoms with E-state index < -0.39 is 0 Å². The van der Waals surface area contributed by atoms with Crippen LogP contribution in [0, 0.1) is 5.92 Å². The number of ether oxygens (including phenoxy) is 1. The maximum atomic E-state index is 12.3. The summed E-state index contributed by atoms with van der Waals surface area (Å²) in [5.74, 6) is 0.756. The van der Waals surface area contributed by atoms with Crippen LogP contribution in [-0.4, -0.2) is 49.1 Å². The minimum absolute atomic E-state index is 0.118. The molecule has 0 unspecified atom stereocenters. The number of carbonyl (C=O) groups excluding carboxylic acids is 1. The second-order valence-electron chi connectivity index (χ2n) is 6.46. The van der Waals surface area contributed by atoms with Gasteiger partial charge in [0.25, 0.3) is 5.91 Å². The Morgan fingerprint density at radius 1 is 1.28 bits per heavy atom. The van der Waals surface area contributed by atoms with E-state index in [2.05, 4.69) is 45.5 Å². The zero-order valence-corrected chi connectivity index (χ0v) is 14.6. The third-order valence-corrected chi connectivity index (χ3v) is 4.69. The number of pyridine rings is 1. The molecule has 1 aliphatic rings. The van der Waals surface area contributed by atoms with Crippen molar-refractivity contribution in [1.29, 1.82) is 0 Å². The van der Waals surface area contributed by atoms with Crippen LogP contribution >= 0.6 is 0 Å². The molecule has 3 rings (SSSR count). The minimum atomic E-state index is -0.118. The van der Waals surface area contributed by atoms with Crippen LogP contribution in [0.2, 0.25) is 0 Å². The Morgan fingerprint density at radius 2 is 2.12 bits per heavy atom. The summed E-state index contributed by atoms with van der Waals surface area (Å²) in [4.78, 5) is 18.9. The first-order valence-electron chi connectivity index (χ1n) is 8.79. The van der Waals surface area contributed by atoms with Gasteiger partial charge in [0.2, 0.25) is 5.88 Å². The van der Waals surface area contributed by atoms with Gasteiger partial charge in [-0.15, -0.1) is 0 Å². The first-order valence-corrected chi connectivity index (χ1v) is 8.79. The highest BCUT2D eigenvalue weighted by Crippen LogP contribution is 2.17. The lowest BCUT2D eigenvalue weighted by molar-refractivity contribution is 0.0943. The molecule has 1 fully saturated rings. The zero-order chi connectivity index (χ0) is 17.5. The van der Waals surface area contributed by atoms with Crippen LogP contribution in [-0.2, 0) is 6.42 Å². The molecule has 0 radical (unpaired) electrons. The Hall–Kier alpha value is -2.40. The fourth-order valence-corrected chi connectivity index (χ4v) is 3.27. The van der Waals surface area contributed by atoms with E-state index in [1.165, 1.54) is 12.7 Å². The van der Waals surface area contributed by atoms with E-state index >= 15 is 0 Å². The number of aromatic nitrogens is 1. The zero-order valence-electron chi connectivity index (χ0n) is 14.6. The number of rotatable bonds is 7. The molecule has 2 heterocycles. The predicted molar refractivity (Wildman–Crippen MR) is 97.8 cm³/mol. The number of hydrogen-bond acceptors (Lipinski definition) is 4. The summed E-state index contributed by atoms with van der Waals surface area (Å²) in [5.41, 5.74) is 1.87. The van der Waals surface area contributed by atoms with E-state index in [4.69, 9.17) is 4.74 Å². The lowest BCUT2D eigenvalue weighted by Crippen LogP contribution is -2.31. The molecule has 0 spiro atoms. The third kappa shape index (κ3) is 4.79. The van der Waals surface area contributed by atoms with E-state index in [0.717, 1.165) is 32.5 Å². The van der Waals surface area contributed by atoms with Crippen molar-refractivity contribution in [2.75, 3.05) is 33.3 Å². The second-order valence-corrected chi connectivity index (χ2v) is 6.46. The first kappa shape index (κ1) is 17.4. The molecule has 1 atom stereocenters. The fourth-order valence-electron chi connectivity index (χ4n) is 3.27. The van der Waals surface area contributed by atoms with Gasteiger partial charge in [-0.3, -0.25) is 4.79 Å². The van der Waals surface area contributed by atoms with E-state index in [9.17, 15) is 4.79 Å². The first-order chi connectivity index (χ1) is 12.3. The van der Waals surface area contributed by atoms with Crippen molar-refractivity contribution in [1.82, 2.24) is 15.2 Å². The number of nitrogens with zero attached hydrogens (tertiary/aromatic N) is 2. The molecule has 0 aliphatic carbocycles. The standard InChI is InChI=1S/C20H25N3O2/c1-25-20-18(8-5-11-21-20)19(24)22-14-17-10-13-23(15-17)12-9-16-6-3-2-4-7-16/h2-8,11,17H,9-10,12-15H2,1H3,(H,22,24)/t17-/m1/s1. The van der Waals surface area contributed by atoms with Crippen molar-refractivity contribution in [2.24, 2.45) is 5.92 Å². The molecule has 5 nitrogen and oxygen atoms in total. The maximum Gasteiger partial charge on any atom is 0.256 e. The molecule has 1 aliphatic heterocycles. The summed E-state index contributed by atoms with van der Waals surface area (Å²) in [6.45, 7) is 3.91. The van der Waals surface area contributed by atoms with Crippen LogP contribution in [0.1, 0.15) is 22.3 Å². The molecule has 25 heavy (non-hydrogen) atoms. The van der Waals surface area contributed by atoms with Gasteiger partial charge in [-0.25, -0.2) is 4.98 Å². The number of nitrogens with one attached hydrogen (secondary N) is 1. The number of benzene rings is 1. The van der Waals surface area contributed by atoms with Gasteiger partial charge >= 0.3 is 0 Å². The summed E-state index contributed by atoms with van der Waals surface area (Å²) >= 11 is 0. The van der Waals surface area contributed by atoms with Crippen LogP contribution < -0.4 is 10.1 Å². The van der Waals surface area contributed by atoms with Crippen molar-refractivity contribution in [3.8, 4) is 5.88 Å². The van der Waals surface area contributed by atoms with Crippen LogP contribution in [0.25, 0.3) is 0 Å². The molecular weight excluding hydrogens is 314 g/mol. The Kier molecular flexibility index (Phi) is 6.01. The van der Waals surface area contributed by atoms with Crippen LogP contribution in [0.3, 0.4) is 0 Å². The number of carbonyl (C=O) groups is 1. The van der Waals surface area contributed by atoms with Gasteiger partial charge in [0.15, 0.2) is 0 Å². The molecule has 1 aromatic heterocycles. The van der Waals surface area contributed by atoms with Gasteiger partial charge in [-0.2, -0.15) is 0 Å². The molecule has 1 aromatic carbocycles. The van der Waals surface area contributed by atoms with Gasteiger partial charge in [-0.05, 0) is 43.0 Å². The van der Waals surface area contributed by atoms with Crippen LogP contribution in [0.15, 0.2) is 48.7 Å². The molecule has 132 valence electrons. The maximum absolute atomic E-state index is 12.3. The molecular formula is C20H25N3O2. The second kappa shape index (κ2) is 8.62. The smallest absolute Gasteiger partial charge is 0.256 e. The number of hydrogen-bond donors (Lipinski definition) is 1. The van der Waals surface area contributed by atoms with E-state index in [1.807, 2.05) is 0 Å². The topological polar surface area (TPSA) is 54.5 Å². The normalized spacial score (nSPS) is 17.4. The van der Waals surface area contributed by atoms with Gasteiger partial charge in [0.05, 0.1) is 7.11 Å². The largest absolute Gasteiger partial charge is 0.480 e. The highest BCUT2D eigenvalue weighted by atomic mass is 16.5. The summed E-state index contributed by atoms with van der Waals surface area (Å²) in [5, 5.41) is 3.02. The van der Waals surface area contributed by atoms with Crippen molar-refractivity contribution < 1.29 is 9.53 Å².